The molecule has 0 fully saturated rings. The van der Waals surface area contributed by atoms with Crippen LogP contribution in [0.15, 0.2) is 17.1 Å². The quantitative estimate of drug-likeness (QED) is 0.745. The Morgan fingerprint density at radius 3 is 2.85 bits per heavy atom. The van der Waals surface area contributed by atoms with Crippen LogP contribution in [-0.2, 0) is 9.53 Å². The molecule has 0 saturated heterocycles. The number of hydrogen-bond acceptors (Lipinski definition) is 5. The van der Waals surface area contributed by atoms with Crippen molar-refractivity contribution in [3.63, 3.8) is 0 Å². The number of H-pyrrole nitrogens is 1. The maximum Gasteiger partial charge on any atom is 0.328 e. The molecule has 1 unspecified atom stereocenters. The molecule has 0 spiro atoms. The van der Waals surface area contributed by atoms with Crippen molar-refractivity contribution < 1.29 is 14.3 Å². The molecular formula is C12H14N4O4. The summed E-state index contributed by atoms with van der Waals surface area (Å²) in [4.78, 5) is 39.2. The van der Waals surface area contributed by atoms with Crippen molar-refractivity contribution in [1.29, 1.82) is 0 Å². The molecule has 8 nitrogen and oxygen atoms in total. The fourth-order valence-electron chi connectivity index (χ4n) is 1.77. The third kappa shape index (κ3) is 2.40. The van der Waals surface area contributed by atoms with Gasteiger partial charge in [-0.2, -0.15) is 0 Å². The van der Waals surface area contributed by atoms with Crippen LogP contribution in [0.5, 0.6) is 0 Å². The Labute approximate surface area is 113 Å². The minimum absolute atomic E-state index is 0.182. The highest BCUT2D eigenvalue weighted by Gasteiger charge is 2.20. The Balaban J connectivity index is 2.36. The van der Waals surface area contributed by atoms with Gasteiger partial charge >= 0.3 is 5.97 Å². The number of fused-ring (bicyclic) bond motifs is 1. The van der Waals surface area contributed by atoms with Crippen LogP contribution in [0.4, 0.5) is 0 Å². The topological polar surface area (TPSA) is 106 Å². The number of aromatic nitrogens is 3. The molecule has 2 rings (SSSR count). The van der Waals surface area contributed by atoms with Crippen LogP contribution >= 0.6 is 0 Å². The SMILES string of the molecule is COC(=O)C(C)NC(=O)c1c[nH]n2c(=O)cc(C)nc12. The van der Waals surface area contributed by atoms with Crippen LogP contribution in [-0.4, -0.2) is 39.6 Å². The van der Waals surface area contributed by atoms with Crippen molar-refractivity contribution in [2.45, 2.75) is 19.9 Å². The van der Waals surface area contributed by atoms with Crippen LogP contribution in [0.1, 0.15) is 23.0 Å². The minimum atomic E-state index is -0.793. The number of esters is 1. The number of carbonyl (C=O) groups is 2. The van der Waals surface area contributed by atoms with Gasteiger partial charge in [-0.05, 0) is 13.8 Å². The van der Waals surface area contributed by atoms with E-state index in [4.69, 9.17) is 0 Å². The van der Waals surface area contributed by atoms with Crippen LogP contribution in [0.3, 0.4) is 0 Å². The van der Waals surface area contributed by atoms with Gasteiger partial charge in [0.15, 0.2) is 5.65 Å². The van der Waals surface area contributed by atoms with Crippen molar-refractivity contribution in [3.8, 4) is 0 Å². The fourth-order valence-corrected chi connectivity index (χ4v) is 1.77. The lowest BCUT2D eigenvalue weighted by Crippen LogP contribution is -2.39. The van der Waals surface area contributed by atoms with Gasteiger partial charge in [0.25, 0.3) is 11.5 Å². The molecule has 2 N–H and O–H groups in total. The molecule has 106 valence electrons. The van der Waals surface area contributed by atoms with Gasteiger partial charge in [-0.3, -0.25) is 14.7 Å². The van der Waals surface area contributed by atoms with E-state index in [0.29, 0.717) is 5.69 Å². The summed E-state index contributed by atoms with van der Waals surface area (Å²) in [6.45, 7) is 3.16. The summed E-state index contributed by atoms with van der Waals surface area (Å²) in [6, 6.07) is 0.557. The summed E-state index contributed by atoms with van der Waals surface area (Å²) in [5.74, 6) is -1.07. The zero-order chi connectivity index (χ0) is 14.9. The number of ether oxygens (including phenoxy) is 1. The predicted molar refractivity (Wildman–Crippen MR) is 69.5 cm³/mol. The van der Waals surface area contributed by atoms with E-state index in [1.807, 2.05) is 0 Å². The average Bonchev–Trinajstić information content (AvgIpc) is 2.81. The first kappa shape index (κ1) is 13.8. The van der Waals surface area contributed by atoms with Crippen LogP contribution in [0.25, 0.3) is 5.65 Å². The van der Waals surface area contributed by atoms with E-state index >= 15 is 0 Å². The number of carbonyl (C=O) groups excluding carboxylic acids is 2. The van der Waals surface area contributed by atoms with Gasteiger partial charge in [0.2, 0.25) is 0 Å². The van der Waals surface area contributed by atoms with E-state index in [1.165, 1.54) is 26.3 Å². The maximum absolute atomic E-state index is 12.1. The number of aromatic amines is 1. The highest BCUT2D eigenvalue weighted by atomic mass is 16.5. The van der Waals surface area contributed by atoms with E-state index in [9.17, 15) is 14.4 Å². The number of amides is 1. The van der Waals surface area contributed by atoms with Crippen molar-refractivity contribution in [2.75, 3.05) is 7.11 Å². The first-order chi connectivity index (χ1) is 9.43. The molecule has 1 amide bonds. The van der Waals surface area contributed by atoms with Crippen molar-refractivity contribution in [1.82, 2.24) is 19.9 Å². The average molecular weight is 278 g/mol. The number of nitrogens with zero attached hydrogens (tertiary/aromatic N) is 2. The second kappa shape index (κ2) is 5.16. The van der Waals surface area contributed by atoms with Gasteiger partial charge in [0, 0.05) is 18.0 Å². The van der Waals surface area contributed by atoms with Crippen LogP contribution in [0.2, 0.25) is 0 Å². The van der Waals surface area contributed by atoms with E-state index in [-0.39, 0.29) is 16.8 Å². The lowest BCUT2D eigenvalue weighted by Gasteiger charge is -2.10. The summed E-state index contributed by atoms with van der Waals surface area (Å²) < 4.78 is 5.68. The van der Waals surface area contributed by atoms with E-state index < -0.39 is 17.9 Å². The largest absolute Gasteiger partial charge is 0.467 e. The zero-order valence-electron chi connectivity index (χ0n) is 11.3. The Morgan fingerprint density at radius 1 is 1.50 bits per heavy atom. The molecule has 0 aliphatic rings. The third-order valence-corrected chi connectivity index (χ3v) is 2.77. The highest BCUT2D eigenvalue weighted by Crippen LogP contribution is 2.06. The molecule has 0 aromatic carbocycles. The Kier molecular flexibility index (Phi) is 3.55. The van der Waals surface area contributed by atoms with Crippen LogP contribution < -0.4 is 10.9 Å². The van der Waals surface area contributed by atoms with Gasteiger partial charge in [-0.1, -0.05) is 0 Å². The number of aryl methyl sites for hydroxylation is 1. The smallest absolute Gasteiger partial charge is 0.328 e. The highest BCUT2D eigenvalue weighted by molar-refractivity contribution is 6.01. The molecular weight excluding hydrogens is 264 g/mol. The molecule has 0 aliphatic heterocycles. The number of nitrogens with one attached hydrogen (secondary N) is 2. The number of methoxy groups -OCH3 is 1. The molecule has 8 heteroatoms. The standard InChI is InChI=1S/C12H14N4O4/c1-6-4-9(17)16-10(14-6)8(5-13-16)11(18)15-7(2)12(19)20-3/h4-5,7,13H,1-3H3,(H,15,18). The zero-order valence-corrected chi connectivity index (χ0v) is 11.3. The lowest BCUT2D eigenvalue weighted by atomic mass is 10.2. The van der Waals surface area contributed by atoms with E-state index in [0.717, 1.165) is 4.52 Å². The summed E-state index contributed by atoms with van der Waals surface area (Å²) >= 11 is 0. The van der Waals surface area contributed by atoms with Crippen molar-refractivity contribution >= 4 is 17.5 Å². The predicted octanol–water partition coefficient (Wildman–Crippen LogP) is -0.378. The molecule has 20 heavy (non-hydrogen) atoms. The van der Waals surface area contributed by atoms with Gasteiger partial charge < -0.3 is 10.1 Å². The lowest BCUT2D eigenvalue weighted by molar-refractivity contribution is -0.142. The van der Waals surface area contributed by atoms with Crippen molar-refractivity contribution in [2.24, 2.45) is 0 Å². The summed E-state index contributed by atoms with van der Waals surface area (Å²) in [6.07, 6.45) is 1.36. The maximum atomic E-state index is 12.1. The second-order valence-electron chi connectivity index (χ2n) is 4.30. The summed E-state index contributed by atoms with van der Waals surface area (Å²) in [5, 5.41) is 5.12. The molecule has 2 heterocycles. The normalized spacial score (nSPS) is 12.2. The molecule has 0 bridgehead atoms. The van der Waals surface area contributed by atoms with Gasteiger partial charge in [-0.15, -0.1) is 0 Å². The summed E-state index contributed by atoms with van der Waals surface area (Å²) in [7, 11) is 1.24. The molecule has 1 atom stereocenters. The van der Waals surface area contributed by atoms with Crippen LogP contribution in [0, 0.1) is 6.92 Å². The second-order valence-corrected chi connectivity index (χ2v) is 4.30. The molecule has 0 radical (unpaired) electrons. The van der Waals surface area contributed by atoms with E-state index in [2.05, 4.69) is 20.1 Å². The van der Waals surface area contributed by atoms with Gasteiger partial charge in [0.05, 0.1) is 7.11 Å². The van der Waals surface area contributed by atoms with Crippen molar-refractivity contribution in [3.05, 3.63) is 33.9 Å². The Morgan fingerprint density at radius 2 is 2.20 bits per heavy atom. The van der Waals surface area contributed by atoms with E-state index in [1.54, 1.807) is 6.92 Å². The molecule has 0 aliphatic carbocycles. The molecule has 2 aromatic rings. The molecule has 2 aromatic heterocycles. The van der Waals surface area contributed by atoms with Gasteiger partial charge in [0.1, 0.15) is 11.6 Å². The first-order valence-electron chi connectivity index (χ1n) is 5.90. The summed E-state index contributed by atoms with van der Waals surface area (Å²) in [5.41, 5.74) is 0.586. The minimum Gasteiger partial charge on any atom is -0.467 e. The first-order valence-corrected chi connectivity index (χ1v) is 5.90. The Hall–Kier alpha value is -2.64. The number of rotatable bonds is 3. The van der Waals surface area contributed by atoms with Gasteiger partial charge in [-0.25, -0.2) is 14.3 Å². The third-order valence-electron chi connectivity index (χ3n) is 2.77. The monoisotopic (exact) mass is 278 g/mol. The molecule has 0 saturated carbocycles. The fraction of sp³-hybridized carbons (Fsp3) is 0.333. The Bertz CT molecular complexity index is 731. The number of hydrogen-bond donors (Lipinski definition) is 2.